The molecular weight excluding hydrogens is 492 g/mol. The molecule has 2 aromatic carbocycles. The van der Waals surface area contributed by atoms with Crippen molar-refractivity contribution in [3.63, 3.8) is 0 Å². The number of ether oxygens (including phenoxy) is 1. The molecule has 0 unspecified atom stereocenters. The van der Waals surface area contributed by atoms with E-state index in [2.05, 4.69) is 10.4 Å². The summed E-state index contributed by atoms with van der Waals surface area (Å²) >= 11 is 6.52. The van der Waals surface area contributed by atoms with E-state index >= 15 is 0 Å². The Hall–Kier alpha value is -2.94. The zero-order valence-corrected chi connectivity index (χ0v) is 22.2. The van der Waals surface area contributed by atoms with Gasteiger partial charge in [-0.25, -0.2) is 0 Å². The molecule has 1 saturated heterocycles. The predicted octanol–water partition coefficient (Wildman–Crippen LogP) is 4.44. The molecule has 1 saturated carbocycles. The highest BCUT2D eigenvalue weighted by Crippen LogP contribution is 2.38. The molecule has 0 spiro atoms. The van der Waals surface area contributed by atoms with Gasteiger partial charge in [0.15, 0.2) is 5.72 Å². The highest BCUT2D eigenvalue weighted by atomic mass is 35.5. The fourth-order valence-electron chi connectivity index (χ4n) is 5.04. The number of rotatable bonds is 9. The Labute approximate surface area is 221 Å². The molecule has 1 amide bonds. The summed E-state index contributed by atoms with van der Waals surface area (Å²) in [5, 5.41) is 20.5. The van der Waals surface area contributed by atoms with Crippen LogP contribution < -0.4 is 10.1 Å². The number of hydrogen-bond acceptors (Lipinski definition) is 6. The van der Waals surface area contributed by atoms with E-state index in [9.17, 15) is 14.7 Å². The molecule has 1 aliphatic carbocycles. The number of hydrogen-bond donors (Lipinski definition) is 2. The molecule has 2 aliphatic rings. The lowest BCUT2D eigenvalue weighted by Crippen LogP contribution is -2.59. The predicted molar refractivity (Wildman–Crippen MR) is 142 cm³/mol. The third-order valence-electron chi connectivity index (χ3n) is 7.27. The highest BCUT2D eigenvalue weighted by molar-refractivity contribution is 6.43. The lowest BCUT2D eigenvalue weighted by molar-refractivity contribution is -0.139. The Balaban J connectivity index is 1.39. The van der Waals surface area contributed by atoms with Gasteiger partial charge in [-0.05, 0) is 64.7 Å². The highest BCUT2D eigenvalue weighted by Gasteiger charge is 2.44. The minimum absolute atomic E-state index is 0.111. The van der Waals surface area contributed by atoms with E-state index in [4.69, 9.17) is 16.3 Å². The van der Waals surface area contributed by atoms with Gasteiger partial charge in [0.2, 0.25) is 5.78 Å². The van der Waals surface area contributed by atoms with Gasteiger partial charge in [0, 0.05) is 35.6 Å². The van der Waals surface area contributed by atoms with Crippen LogP contribution >= 0.6 is 11.6 Å². The maximum Gasteiger partial charge on any atom is 0.292 e. The maximum absolute atomic E-state index is 13.1. The molecule has 2 N–H and O–H groups in total. The van der Waals surface area contributed by atoms with Crippen molar-refractivity contribution in [2.75, 3.05) is 13.1 Å². The van der Waals surface area contributed by atoms with Crippen LogP contribution in [0, 0.1) is 0 Å². The Morgan fingerprint density at radius 2 is 1.86 bits per heavy atom. The van der Waals surface area contributed by atoms with Crippen molar-refractivity contribution in [2.24, 2.45) is 0 Å². The molecule has 1 aromatic heterocycles. The Morgan fingerprint density at radius 1 is 1.14 bits per heavy atom. The molecule has 5 rings (SSSR count). The van der Waals surface area contributed by atoms with Crippen LogP contribution in [0.1, 0.15) is 68.4 Å². The first kappa shape index (κ1) is 25.7. The van der Waals surface area contributed by atoms with E-state index in [0.29, 0.717) is 29.4 Å². The van der Waals surface area contributed by atoms with Crippen molar-refractivity contribution in [3.05, 3.63) is 58.7 Å². The number of likely N-dealkylation sites (tertiary alicyclic amines) is 1. The minimum Gasteiger partial charge on any atom is -0.489 e. The van der Waals surface area contributed by atoms with Crippen LogP contribution in [-0.2, 0) is 10.5 Å². The van der Waals surface area contributed by atoms with Gasteiger partial charge >= 0.3 is 0 Å². The summed E-state index contributed by atoms with van der Waals surface area (Å²) in [6.45, 7) is 7.05. The third-order valence-corrected chi connectivity index (χ3v) is 7.57. The van der Waals surface area contributed by atoms with E-state index in [1.807, 2.05) is 23.4 Å². The van der Waals surface area contributed by atoms with Crippen LogP contribution in [0.5, 0.6) is 5.75 Å². The van der Waals surface area contributed by atoms with Crippen molar-refractivity contribution in [1.82, 2.24) is 20.0 Å². The number of benzene rings is 2. The van der Waals surface area contributed by atoms with Crippen LogP contribution in [0.25, 0.3) is 10.9 Å². The van der Waals surface area contributed by atoms with E-state index < -0.39 is 23.5 Å². The number of aromatic nitrogens is 2. The molecule has 2 fully saturated rings. The zero-order chi connectivity index (χ0) is 26.3. The number of halogens is 1. The summed E-state index contributed by atoms with van der Waals surface area (Å²) in [6, 6.07) is 9.68. The molecule has 2 atom stereocenters. The summed E-state index contributed by atoms with van der Waals surface area (Å²) in [4.78, 5) is 28.2. The van der Waals surface area contributed by atoms with E-state index in [0.717, 1.165) is 36.6 Å². The van der Waals surface area contributed by atoms with Gasteiger partial charge in [-0.15, -0.1) is 0 Å². The Bertz CT molecular complexity index is 1330. The van der Waals surface area contributed by atoms with Gasteiger partial charge in [0.05, 0.1) is 28.9 Å². The normalized spacial score (nSPS) is 18.6. The van der Waals surface area contributed by atoms with Crippen LogP contribution in [0.4, 0.5) is 0 Å². The Kier molecular flexibility index (Phi) is 7.00. The molecule has 1 aliphatic heterocycles. The van der Waals surface area contributed by atoms with E-state index in [1.54, 1.807) is 49.5 Å². The summed E-state index contributed by atoms with van der Waals surface area (Å²) in [5.41, 5.74) is 0.0615. The van der Waals surface area contributed by atoms with E-state index in [-0.39, 0.29) is 17.7 Å². The number of Topliss-reactive ketones (excluding diaryl/α,β-unsaturated/α-hetero) is 1. The average Bonchev–Trinajstić information content (AvgIpc) is 3.34. The standard InChI is InChI=1S/C28H33ClN4O4/c1-17(2)33-24-14-19(6-7-20(24)16-30-33)26(34)27(35)31-18(3)28(36,32-12-4-5-13-32)21-8-11-25(23(29)15-21)37-22-9-10-22/h6-8,11,14-18,22,36H,4-5,9-10,12-13H2,1-3H3,(H,31,35)/t18-,28+/m1/s1. The first-order valence-electron chi connectivity index (χ1n) is 12.9. The monoisotopic (exact) mass is 524 g/mol. The molecule has 9 heteroatoms. The number of amides is 1. The quantitative estimate of drug-likeness (QED) is 0.317. The molecule has 0 bridgehead atoms. The molecular formula is C28H33ClN4O4. The number of aliphatic hydroxyl groups is 1. The largest absolute Gasteiger partial charge is 0.489 e. The van der Waals surface area contributed by atoms with Gasteiger partial charge in [-0.3, -0.25) is 19.2 Å². The maximum atomic E-state index is 13.1. The van der Waals surface area contributed by atoms with Crippen molar-refractivity contribution < 1.29 is 19.4 Å². The van der Waals surface area contributed by atoms with E-state index in [1.165, 1.54) is 0 Å². The molecule has 8 nitrogen and oxygen atoms in total. The minimum atomic E-state index is -1.55. The lowest BCUT2D eigenvalue weighted by Gasteiger charge is -2.42. The van der Waals surface area contributed by atoms with Crippen LogP contribution in [0.3, 0.4) is 0 Å². The number of ketones is 1. The zero-order valence-electron chi connectivity index (χ0n) is 21.4. The SMILES string of the molecule is CC(C)n1ncc2ccc(C(=O)C(=O)N[C@H](C)[C@](O)(c3ccc(OC4CC4)c(Cl)c3)N3CCCC3)cc21. The van der Waals surface area contributed by atoms with Gasteiger partial charge in [0.25, 0.3) is 5.91 Å². The summed E-state index contributed by atoms with van der Waals surface area (Å²) in [5.74, 6) is -0.861. The first-order valence-corrected chi connectivity index (χ1v) is 13.3. The summed E-state index contributed by atoms with van der Waals surface area (Å²) in [7, 11) is 0. The molecule has 0 radical (unpaired) electrons. The second-order valence-electron chi connectivity index (χ2n) is 10.4. The molecule has 3 aromatic rings. The van der Waals surface area contributed by atoms with Crippen molar-refractivity contribution >= 4 is 34.2 Å². The molecule has 196 valence electrons. The number of fused-ring (bicyclic) bond motifs is 1. The van der Waals surface area contributed by atoms with Gasteiger partial charge in [-0.2, -0.15) is 5.10 Å². The van der Waals surface area contributed by atoms with Crippen molar-refractivity contribution in [1.29, 1.82) is 0 Å². The third kappa shape index (κ3) is 4.98. The van der Waals surface area contributed by atoms with Gasteiger partial charge in [0.1, 0.15) is 5.75 Å². The second kappa shape index (κ2) is 10.1. The number of nitrogens with zero attached hydrogens (tertiary/aromatic N) is 3. The number of carbonyl (C=O) groups is 2. The average molecular weight is 525 g/mol. The number of nitrogens with one attached hydrogen (secondary N) is 1. The summed E-state index contributed by atoms with van der Waals surface area (Å²) < 4.78 is 7.67. The first-order chi connectivity index (χ1) is 17.7. The van der Waals surface area contributed by atoms with Crippen LogP contribution in [-0.4, -0.2) is 56.7 Å². The van der Waals surface area contributed by atoms with Crippen LogP contribution in [0.15, 0.2) is 42.6 Å². The van der Waals surface area contributed by atoms with Gasteiger partial charge < -0.3 is 15.2 Å². The van der Waals surface area contributed by atoms with Gasteiger partial charge in [-0.1, -0.05) is 29.8 Å². The number of carbonyl (C=O) groups excluding carboxylic acids is 2. The molecule has 2 heterocycles. The fourth-order valence-corrected chi connectivity index (χ4v) is 5.26. The Morgan fingerprint density at radius 3 is 2.51 bits per heavy atom. The lowest BCUT2D eigenvalue weighted by atomic mass is 9.93. The molecule has 37 heavy (non-hydrogen) atoms. The fraction of sp³-hybridized carbons (Fsp3) is 0.464. The topological polar surface area (TPSA) is 96.7 Å². The second-order valence-corrected chi connectivity index (χ2v) is 10.8. The van der Waals surface area contributed by atoms with Crippen molar-refractivity contribution in [3.8, 4) is 5.75 Å². The van der Waals surface area contributed by atoms with Crippen LogP contribution in [0.2, 0.25) is 5.02 Å². The smallest absolute Gasteiger partial charge is 0.292 e. The summed E-state index contributed by atoms with van der Waals surface area (Å²) in [6.07, 6.45) is 5.83. The van der Waals surface area contributed by atoms with Crippen molar-refractivity contribution in [2.45, 2.75) is 70.4 Å².